The smallest absolute Gasteiger partial charge is 0.0331 e. The van der Waals surface area contributed by atoms with Gasteiger partial charge in [-0.1, -0.05) is 18.2 Å². The Morgan fingerprint density at radius 2 is 2.31 bits per heavy atom. The highest BCUT2D eigenvalue weighted by Gasteiger charge is 2.18. The summed E-state index contributed by atoms with van der Waals surface area (Å²) in [5.41, 5.74) is 2.88. The molecule has 1 aromatic rings. The number of halogens is 1. The monoisotopic (exact) mass is 287 g/mol. The molecule has 0 saturated carbocycles. The van der Waals surface area contributed by atoms with E-state index in [1.165, 1.54) is 34.1 Å². The molecular weight excluding hydrogens is 273 g/mol. The van der Waals surface area contributed by atoms with Crippen molar-refractivity contribution < 1.29 is 0 Å². The zero-order valence-corrected chi connectivity index (χ0v) is 9.97. The summed E-state index contributed by atoms with van der Waals surface area (Å²) in [5.74, 6) is 0. The van der Waals surface area contributed by atoms with E-state index in [-0.39, 0.29) is 0 Å². The highest BCUT2D eigenvalue weighted by atomic mass is 127. The molecular formula is C11H14IN. The third kappa shape index (κ3) is 1.89. The molecule has 1 N–H and O–H groups in total. The van der Waals surface area contributed by atoms with Gasteiger partial charge in [0.25, 0.3) is 0 Å². The van der Waals surface area contributed by atoms with Gasteiger partial charge in [0.05, 0.1) is 0 Å². The van der Waals surface area contributed by atoms with Crippen LogP contribution in [0.25, 0.3) is 0 Å². The summed E-state index contributed by atoms with van der Waals surface area (Å²) < 4.78 is 1.43. The molecule has 0 aliphatic carbocycles. The molecule has 13 heavy (non-hydrogen) atoms. The standard InChI is InChI=1S/C11H14IN/c1-8-4-2-5-9(11(8)12)10-6-3-7-13-10/h2,4-5,10,13H,3,6-7H2,1H3/t10-/m0/s1. The third-order valence-electron chi connectivity index (χ3n) is 2.66. The van der Waals surface area contributed by atoms with E-state index in [4.69, 9.17) is 0 Å². The van der Waals surface area contributed by atoms with Crippen molar-refractivity contribution in [3.63, 3.8) is 0 Å². The van der Waals surface area contributed by atoms with Crippen LogP contribution in [0, 0.1) is 10.5 Å². The maximum atomic E-state index is 3.54. The summed E-state index contributed by atoms with van der Waals surface area (Å²) in [7, 11) is 0. The Kier molecular flexibility index (Phi) is 2.89. The first-order valence-corrected chi connectivity index (χ1v) is 5.85. The van der Waals surface area contributed by atoms with Crippen LogP contribution in [0.2, 0.25) is 0 Å². The van der Waals surface area contributed by atoms with Crippen LogP contribution < -0.4 is 5.32 Å². The van der Waals surface area contributed by atoms with Crippen LogP contribution in [0.1, 0.15) is 30.0 Å². The molecule has 1 aromatic carbocycles. The first kappa shape index (κ1) is 9.46. The van der Waals surface area contributed by atoms with Crippen LogP contribution in [0.15, 0.2) is 18.2 Å². The molecule has 70 valence electrons. The van der Waals surface area contributed by atoms with Crippen LogP contribution in [0.4, 0.5) is 0 Å². The van der Waals surface area contributed by atoms with Gasteiger partial charge >= 0.3 is 0 Å². The van der Waals surface area contributed by atoms with Gasteiger partial charge in [0.2, 0.25) is 0 Å². The van der Waals surface area contributed by atoms with Crippen LogP contribution in [0.3, 0.4) is 0 Å². The average Bonchev–Trinajstić information content (AvgIpc) is 2.62. The zero-order chi connectivity index (χ0) is 9.26. The molecule has 0 unspecified atom stereocenters. The fourth-order valence-corrected chi connectivity index (χ4v) is 2.62. The molecule has 0 aromatic heterocycles. The number of rotatable bonds is 1. The van der Waals surface area contributed by atoms with Crippen molar-refractivity contribution >= 4 is 22.6 Å². The molecule has 1 heterocycles. The van der Waals surface area contributed by atoms with Gasteiger partial charge in [-0.25, -0.2) is 0 Å². The third-order valence-corrected chi connectivity index (χ3v) is 4.13. The SMILES string of the molecule is Cc1cccc([C@@H]2CCCN2)c1I. The second kappa shape index (κ2) is 3.96. The average molecular weight is 287 g/mol. The largest absolute Gasteiger partial charge is 0.310 e. The quantitative estimate of drug-likeness (QED) is 0.783. The van der Waals surface area contributed by atoms with E-state index in [1.807, 2.05) is 0 Å². The Bertz CT molecular complexity index is 303. The van der Waals surface area contributed by atoms with Gasteiger partial charge < -0.3 is 5.32 Å². The van der Waals surface area contributed by atoms with Gasteiger partial charge in [0, 0.05) is 9.61 Å². The highest BCUT2D eigenvalue weighted by Crippen LogP contribution is 2.28. The second-order valence-electron chi connectivity index (χ2n) is 3.63. The van der Waals surface area contributed by atoms with Gasteiger partial charge in [-0.15, -0.1) is 0 Å². The van der Waals surface area contributed by atoms with Crippen molar-refractivity contribution in [3.8, 4) is 0 Å². The Labute approximate surface area is 93.1 Å². The highest BCUT2D eigenvalue weighted by molar-refractivity contribution is 14.1. The van der Waals surface area contributed by atoms with Crippen LogP contribution >= 0.6 is 22.6 Å². The Balaban J connectivity index is 2.33. The van der Waals surface area contributed by atoms with Crippen molar-refractivity contribution in [2.24, 2.45) is 0 Å². The minimum Gasteiger partial charge on any atom is -0.310 e. The lowest BCUT2D eigenvalue weighted by Gasteiger charge is -2.13. The first-order chi connectivity index (χ1) is 6.29. The molecule has 0 spiro atoms. The van der Waals surface area contributed by atoms with E-state index < -0.39 is 0 Å². The summed E-state index contributed by atoms with van der Waals surface area (Å²) in [4.78, 5) is 0. The predicted octanol–water partition coefficient (Wildman–Crippen LogP) is 3.02. The van der Waals surface area contributed by atoms with Crippen molar-refractivity contribution in [1.29, 1.82) is 0 Å². The summed E-state index contributed by atoms with van der Waals surface area (Å²) in [6, 6.07) is 7.19. The van der Waals surface area contributed by atoms with Crippen molar-refractivity contribution in [2.75, 3.05) is 6.54 Å². The molecule has 1 fully saturated rings. The van der Waals surface area contributed by atoms with E-state index in [0.29, 0.717) is 6.04 Å². The lowest BCUT2D eigenvalue weighted by molar-refractivity contribution is 0.644. The van der Waals surface area contributed by atoms with Gasteiger partial charge in [-0.05, 0) is 60.0 Å². The van der Waals surface area contributed by atoms with E-state index in [9.17, 15) is 0 Å². The number of hydrogen-bond acceptors (Lipinski definition) is 1. The Morgan fingerprint density at radius 3 is 3.00 bits per heavy atom. The molecule has 0 bridgehead atoms. The molecule has 1 aliphatic heterocycles. The maximum absolute atomic E-state index is 3.54. The van der Waals surface area contributed by atoms with Gasteiger partial charge in [-0.3, -0.25) is 0 Å². The van der Waals surface area contributed by atoms with Crippen molar-refractivity contribution in [1.82, 2.24) is 5.32 Å². The molecule has 2 heteroatoms. The molecule has 1 aliphatic rings. The fraction of sp³-hybridized carbons (Fsp3) is 0.455. The molecule has 1 saturated heterocycles. The molecule has 1 nitrogen and oxygen atoms in total. The molecule has 0 amide bonds. The Morgan fingerprint density at radius 1 is 1.46 bits per heavy atom. The minimum atomic E-state index is 0.604. The van der Waals surface area contributed by atoms with Gasteiger partial charge in [-0.2, -0.15) is 0 Å². The van der Waals surface area contributed by atoms with E-state index in [2.05, 4.69) is 53.0 Å². The number of nitrogens with one attached hydrogen (secondary N) is 1. The predicted molar refractivity (Wildman–Crippen MR) is 63.9 cm³/mol. The van der Waals surface area contributed by atoms with E-state index in [0.717, 1.165) is 0 Å². The van der Waals surface area contributed by atoms with Gasteiger partial charge in [0.15, 0.2) is 0 Å². The fourth-order valence-electron chi connectivity index (χ4n) is 1.89. The molecule has 1 atom stereocenters. The summed E-state index contributed by atoms with van der Waals surface area (Å²) in [5, 5.41) is 3.54. The summed E-state index contributed by atoms with van der Waals surface area (Å²) in [6.45, 7) is 3.36. The molecule has 2 rings (SSSR count). The maximum Gasteiger partial charge on any atom is 0.0331 e. The van der Waals surface area contributed by atoms with Crippen LogP contribution in [-0.2, 0) is 0 Å². The summed E-state index contributed by atoms with van der Waals surface area (Å²) in [6.07, 6.45) is 2.61. The Hall–Kier alpha value is -0.0900. The number of benzene rings is 1. The number of hydrogen-bond donors (Lipinski definition) is 1. The normalized spacial score (nSPS) is 22.2. The first-order valence-electron chi connectivity index (χ1n) is 4.77. The summed E-state index contributed by atoms with van der Waals surface area (Å²) >= 11 is 2.45. The second-order valence-corrected chi connectivity index (χ2v) is 4.71. The molecule has 0 radical (unpaired) electrons. The lowest BCUT2D eigenvalue weighted by Crippen LogP contribution is -2.14. The van der Waals surface area contributed by atoms with Crippen LogP contribution in [0.5, 0.6) is 0 Å². The van der Waals surface area contributed by atoms with E-state index >= 15 is 0 Å². The van der Waals surface area contributed by atoms with Gasteiger partial charge in [0.1, 0.15) is 0 Å². The van der Waals surface area contributed by atoms with Crippen molar-refractivity contribution in [2.45, 2.75) is 25.8 Å². The lowest BCUT2D eigenvalue weighted by atomic mass is 10.0. The van der Waals surface area contributed by atoms with Crippen LogP contribution in [-0.4, -0.2) is 6.54 Å². The topological polar surface area (TPSA) is 12.0 Å². The zero-order valence-electron chi connectivity index (χ0n) is 7.81. The van der Waals surface area contributed by atoms with Crippen molar-refractivity contribution in [3.05, 3.63) is 32.9 Å². The number of aryl methyl sites for hydroxylation is 1. The van der Waals surface area contributed by atoms with E-state index in [1.54, 1.807) is 0 Å². The minimum absolute atomic E-state index is 0.604.